The van der Waals surface area contributed by atoms with Crippen molar-refractivity contribution in [2.45, 2.75) is 0 Å². The SMILES string of the molecule is Fc1cc(Cl)ccc1-c1cn2cccc(Cl)c2n1. The van der Waals surface area contributed by atoms with Gasteiger partial charge in [0.05, 0.1) is 10.7 Å². The molecule has 2 heterocycles. The van der Waals surface area contributed by atoms with Crippen LogP contribution in [0.4, 0.5) is 4.39 Å². The highest BCUT2D eigenvalue weighted by atomic mass is 35.5. The van der Waals surface area contributed by atoms with Crippen molar-refractivity contribution in [1.29, 1.82) is 0 Å². The summed E-state index contributed by atoms with van der Waals surface area (Å²) in [6, 6.07) is 8.05. The molecule has 2 nitrogen and oxygen atoms in total. The largest absolute Gasteiger partial charge is 0.305 e. The Kier molecular flexibility index (Phi) is 2.73. The van der Waals surface area contributed by atoms with Crippen LogP contribution in [-0.2, 0) is 0 Å². The molecule has 3 rings (SSSR count). The van der Waals surface area contributed by atoms with Crippen LogP contribution in [0.2, 0.25) is 10.0 Å². The van der Waals surface area contributed by atoms with E-state index in [4.69, 9.17) is 23.2 Å². The lowest BCUT2D eigenvalue weighted by atomic mass is 10.1. The molecule has 0 saturated heterocycles. The van der Waals surface area contributed by atoms with Crippen LogP contribution in [0.5, 0.6) is 0 Å². The number of rotatable bonds is 1. The fourth-order valence-corrected chi connectivity index (χ4v) is 2.18. The third-order valence-corrected chi connectivity index (χ3v) is 3.17. The van der Waals surface area contributed by atoms with Crippen LogP contribution in [0.3, 0.4) is 0 Å². The van der Waals surface area contributed by atoms with Crippen molar-refractivity contribution < 1.29 is 4.39 Å². The number of aromatic nitrogens is 2. The lowest BCUT2D eigenvalue weighted by Gasteiger charge is -1.98. The van der Waals surface area contributed by atoms with Gasteiger partial charge in [-0.05, 0) is 30.3 Å². The fourth-order valence-electron chi connectivity index (χ4n) is 1.81. The zero-order valence-corrected chi connectivity index (χ0v) is 10.6. The van der Waals surface area contributed by atoms with E-state index in [0.29, 0.717) is 26.9 Å². The van der Waals surface area contributed by atoms with E-state index in [0.717, 1.165) is 0 Å². The average molecular weight is 281 g/mol. The van der Waals surface area contributed by atoms with Gasteiger partial charge in [0.15, 0.2) is 5.65 Å². The Hall–Kier alpha value is -1.58. The maximum Gasteiger partial charge on any atom is 0.156 e. The Balaban J connectivity index is 2.23. The summed E-state index contributed by atoms with van der Waals surface area (Å²) in [7, 11) is 0. The van der Waals surface area contributed by atoms with Gasteiger partial charge in [0.2, 0.25) is 0 Å². The molecule has 0 unspecified atom stereocenters. The molecule has 0 atom stereocenters. The monoisotopic (exact) mass is 280 g/mol. The molecule has 0 aliphatic rings. The molecular weight excluding hydrogens is 274 g/mol. The van der Waals surface area contributed by atoms with Crippen LogP contribution in [-0.4, -0.2) is 9.38 Å². The Labute approximate surface area is 113 Å². The van der Waals surface area contributed by atoms with E-state index < -0.39 is 5.82 Å². The number of benzene rings is 1. The molecule has 0 amide bonds. The second kappa shape index (κ2) is 4.26. The summed E-state index contributed by atoms with van der Waals surface area (Å²) >= 11 is 11.7. The molecule has 2 aromatic heterocycles. The molecule has 0 fully saturated rings. The van der Waals surface area contributed by atoms with Crippen molar-refractivity contribution in [2.24, 2.45) is 0 Å². The Bertz CT molecular complexity index is 737. The van der Waals surface area contributed by atoms with E-state index in [-0.39, 0.29) is 0 Å². The number of fused-ring (bicyclic) bond motifs is 1. The summed E-state index contributed by atoms with van der Waals surface area (Å²) in [5.74, 6) is -0.401. The van der Waals surface area contributed by atoms with Crippen LogP contribution in [0.25, 0.3) is 16.9 Å². The van der Waals surface area contributed by atoms with Gasteiger partial charge >= 0.3 is 0 Å². The van der Waals surface area contributed by atoms with Crippen molar-refractivity contribution >= 4 is 28.8 Å². The normalized spacial score (nSPS) is 11.1. The summed E-state index contributed by atoms with van der Waals surface area (Å²) in [4.78, 5) is 4.32. The highest BCUT2D eigenvalue weighted by Gasteiger charge is 2.11. The molecule has 0 radical (unpaired) electrons. The highest BCUT2D eigenvalue weighted by molar-refractivity contribution is 6.33. The topological polar surface area (TPSA) is 17.3 Å². The number of nitrogens with zero attached hydrogens (tertiary/aromatic N) is 2. The van der Waals surface area contributed by atoms with Crippen LogP contribution in [0, 0.1) is 5.82 Å². The third kappa shape index (κ3) is 1.85. The Morgan fingerprint density at radius 3 is 2.72 bits per heavy atom. The maximum absolute atomic E-state index is 13.8. The zero-order valence-electron chi connectivity index (χ0n) is 9.07. The molecule has 0 N–H and O–H groups in total. The molecule has 18 heavy (non-hydrogen) atoms. The Morgan fingerprint density at radius 2 is 2.00 bits per heavy atom. The van der Waals surface area contributed by atoms with E-state index in [1.807, 2.05) is 6.20 Å². The number of pyridine rings is 1. The van der Waals surface area contributed by atoms with Crippen LogP contribution in [0.15, 0.2) is 42.7 Å². The Morgan fingerprint density at radius 1 is 1.17 bits per heavy atom. The summed E-state index contributed by atoms with van der Waals surface area (Å²) in [5.41, 5.74) is 1.53. The first-order chi connectivity index (χ1) is 8.65. The predicted octanol–water partition coefficient (Wildman–Crippen LogP) is 4.45. The van der Waals surface area contributed by atoms with E-state index in [1.54, 1.807) is 34.9 Å². The van der Waals surface area contributed by atoms with Crippen LogP contribution >= 0.6 is 23.2 Å². The van der Waals surface area contributed by atoms with Crippen molar-refractivity contribution in [3.8, 4) is 11.3 Å². The summed E-state index contributed by atoms with van der Waals surface area (Å²) in [6.45, 7) is 0. The second-order valence-corrected chi connectivity index (χ2v) is 4.68. The minimum atomic E-state index is -0.401. The average Bonchev–Trinajstić information content (AvgIpc) is 2.74. The summed E-state index contributed by atoms with van der Waals surface area (Å²) < 4.78 is 15.6. The van der Waals surface area contributed by atoms with Crippen LogP contribution < -0.4 is 0 Å². The molecular formula is C13H7Cl2FN2. The number of hydrogen-bond donors (Lipinski definition) is 0. The van der Waals surface area contributed by atoms with Gasteiger partial charge < -0.3 is 4.40 Å². The van der Waals surface area contributed by atoms with Gasteiger partial charge in [0.1, 0.15) is 5.82 Å². The summed E-state index contributed by atoms with van der Waals surface area (Å²) in [6.07, 6.45) is 3.54. The molecule has 3 aromatic rings. The summed E-state index contributed by atoms with van der Waals surface area (Å²) in [5, 5.41) is 0.885. The second-order valence-electron chi connectivity index (χ2n) is 3.84. The molecule has 1 aromatic carbocycles. The third-order valence-electron chi connectivity index (χ3n) is 2.64. The van der Waals surface area contributed by atoms with E-state index in [1.165, 1.54) is 6.07 Å². The molecule has 90 valence electrons. The number of hydrogen-bond acceptors (Lipinski definition) is 1. The van der Waals surface area contributed by atoms with Crippen LogP contribution in [0.1, 0.15) is 0 Å². The lowest BCUT2D eigenvalue weighted by Crippen LogP contribution is -1.83. The standard InChI is InChI=1S/C13H7Cl2FN2/c14-8-3-4-9(11(16)6-8)12-7-18-5-1-2-10(15)13(18)17-12/h1-7H. The fraction of sp³-hybridized carbons (Fsp3) is 0. The van der Waals surface area contributed by atoms with Crippen molar-refractivity contribution in [3.63, 3.8) is 0 Å². The minimum absolute atomic E-state index is 0.359. The minimum Gasteiger partial charge on any atom is -0.305 e. The van der Waals surface area contributed by atoms with Gasteiger partial charge in [0.25, 0.3) is 0 Å². The number of halogens is 3. The van der Waals surface area contributed by atoms with Gasteiger partial charge in [-0.3, -0.25) is 0 Å². The van der Waals surface area contributed by atoms with Crippen molar-refractivity contribution in [3.05, 3.63) is 58.6 Å². The quantitative estimate of drug-likeness (QED) is 0.644. The first-order valence-corrected chi connectivity index (χ1v) is 5.99. The highest BCUT2D eigenvalue weighted by Crippen LogP contribution is 2.26. The maximum atomic E-state index is 13.8. The van der Waals surface area contributed by atoms with Crippen molar-refractivity contribution in [1.82, 2.24) is 9.38 Å². The lowest BCUT2D eigenvalue weighted by molar-refractivity contribution is 0.631. The first kappa shape index (κ1) is 11.5. The number of imidazole rings is 1. The predicted molar refractivity (Wildman–Crippen MR) is 70.6 cm³/mol. The molecule has 0 spiro atoms. The molecule has 0 saturated carbocycles. The van der Waals surface area contributed by atoms with Gasteiger partial charge in [-0.2, -0.15) is 0 Å². The van der Waals surface area contributed by atoms with Gasteiger partial charge in [-0.25, -0.2) is 9.37 Å². The van der Waals surface area contributed by atoms with E-state index in [2.05, 4.69) is 4.98 Å². The van der Waals surface area contributed by atoms with E-state index in [9.17, 15) is 4.39 Å². The first-order valence-electron chi connectivity index (χ1n) is 5.24. The molecule has 0 bridgehead atoms. The van der Waals surface area contributed by atoms with E-state index >= 15 is 0 Å². The smallest absolute Gasteiger partial charge is 0.156 e. The zero-order chi connectivity index (χ0) is 12.7. The van der Waals surface area contributed by atoms with Gasteiger partial charge in [-0.1, -0.05) is 23.2 Å². The molecule has 0 aliphatic carbocycles. The molecule has 5 heteroatoms. The van der Waals surface area contributed by atoms with Crippen molar-refractivity contribution in [2.75, 3.05) is 0 Å². The van der Waals surface area contributed by atoms with Gasteiger partial charge in [-0.15, -0.1) is 0 Å². The van der Waals surface area contributed by atoms with Gasteiger partial charge in [0, 0.05) is 23.0 Å². The molecule has 0 aliphatic heterocycles.